The standard InChI is InChI=1S/C11H11ClFNO3/c1-6(2)11(15)4-7-3-9(13)8(12)5-10(7)14(16)17/h3,5-6H,4H2,1-2H3. The molecule has 0 heterocycles. The fourth-order valence-corrected chi connectivity index (χ4v) is 1.44. The van der Waals surface area contributed by atoms with Crippen LogP contribution < -0.4 is 0 Å². The molecule has 17 heavy (non-hydrogen) atoms. The number of ketones is 1. The van der Waals surface area contributed by atoms with Crippen LogP contribution in [0.15, 0.2) is 12.1 Å². The summed E-state index contributed by atoms with van der Waals surface area (Å²) in [6.07, 6.45) is -0.165. The molecule has 0 aromatic heterocycles. The summed E-state index contributed by atoms with van der Waals surface area (Å²) in [5, 5.41) is 10.4. The van der Waals surface area contributed by atoms with E-state index in [1.165, 1.54) is 0 Å². The van der Waals surface area contributed by atoms with Crippen LogP contribution in [0, 0.1) is 21.8 Å². The Kier molecular flexibility index (Phi) is 4.17. The number of rotatable bonds is 4. The van der Waals surface area contributed by atoms with Crippen molar-refractivity contribution < 1.29 is 14.1 Å². The quantitative estimate of drug-likeness (QED) is 0.616. The van der Waals surface area contributed by atoms with E-state index in [0.717, 1.165) is 12.1 Å². The SMILES string of the molecule is CC(C)C(=O)Cc1cc(F)c(Cl)cc1[N+](=O)[O-]. The number of Topliss-reactive ketones (excluding diaryl/α,β-unsaturated/α-hetero) is 1. The molecule has 1 aromatic carbocycles. The van der Waals surface area contributed by atoms with Crippen LogP contribution in [0.5, 0.6) is 0 Å². The van der Waals surface area contributed by atoms with Gasteiger partial charge in [0.05, 0.1) is 9.95 Å². The van der Waals surface area contributed by atoms with Gasteiger partial charge < -0.3 is 0 Å². The van der Waals surface area contributed by atoms with E-state index in [2.05, 4.69) is 0 Å². The summed E-state index contributed by atoms with van der Waals surface area (Å²) < 4.78 is 13.2. The summed E-state index contributed by atoms with van der Waals surface area (Å²) in [5.41, 5.74) is -0.277. The molecule has 4 nitrogen and oxygen atoms in total. The normalized spacial score (nSPS) is 10.6. The summed E-state index contributed by atoms with van der Waals surface area (Å²) >= 11 is 5.46. The Balaban J connectivity index is 3.17. The predicted octanol–water partition coefficient (Wildman–Crippen LogP) is 3.15. The highest BCUT2D eigenvalue weighted by atomic mass is 35.5. The van der Waals surface area contributed by atoms with Crippen molar-refractivity contribution in [2.24, 2.45) is 5.92 Å². The molecular formula is C11H11ClFNO3. The lowest BCUT2D eigenvalue weighted by molar-refractivity contribution is -0.385. The molecule has 0 aliphatic rings. The Bertz CT molecular complexity index is 474. The van der Waals surface area contributed by atoms with Crippen molar-refractivity contribution in [1.29, 1.82) is 0 Å². The third-order valence-corrected chi connectivity index (χ3v) is 2.62. The molecule has 0 radical (unpaired) electrons. The lowest BCUT2D eigenvalue weighted by Crippen LogP contribution is -2.11. The first-order chi connectivity index (χ1) is 7.82. The van der Waals surface area contributed by atoms with Gasteiger partial charge in [-0.3, -0.25) is 14.9 Å². The van der Waals surface area contributed by atoms with E-state index in [-0.39, 0.29) is 34.4 Å². The van der Waals surface area contributed by atoms with Gasteiger partial charge in [0.2, 0.25) is 0 Å². The fraction of sp³-hybridized carbons (Fsp3) is 0.364. The molecule has 6 heteroatoms. The van der Waals surface area contributed by atoms with Gasteiger partial charge in [0, 0.05) is 24.0 Å². The second kappa shape index (κ2) is 5.23. The molecular weight excluding hydrogens is 249 g/mol. The predicted molar refractivity (Wildman–Crippen MR) is 61.6 cm³/mol. The third-order valence-electron chi connectivity index (χ3n) is 2.33. The molecule has 0 fully saturated rings. The highest BCUT2D eigenvalue weighted by Crippen LogP contribution is 2.27. The zero-order valence-corrected chi connectivity index (χ0v) is 10.1. The van der Waals surface area contributed by atoms with Gasteiger partial charge >= 0.3 is 0 Å². The average molecular weight is 260 g/mol. The van der Waals surface area contributed by atoms with Crippen LogP contribution in [0.2, 0.25) is 5.02 Å². The van der Waals surface area contributed by atoms with Gasteiger partial charge in [-0.2, -0.15) is 0 Å². The Labute approximate surface area is 103 Å². The lowest BCUT2D eigenvalue weighted by atomic mass is 10.00. The first kappa shape index (κ1) is 13.6. The molecule has 92 valence electrons. The van der Waals surface area contributed by atoms with Gasteiger partial charge in [-0.15, -0.1) is 0 Å². The van der Waals surface area contributed by atoms with Gasteiger partial charge in [-0.05, 0) is 6.07 Å². The van der Waals surface area contributed by atoms with Gasteiger partial charge in [-0.1, -0.05) is 25.4 Å². The van der Waals surface area contributed by atoms with Crippen LogP contribution >= 0.6 is 11.6 Å². The summed E-state index contributed by atoms with van der Waals surface area (Å²) in [7, 11) is 0. The van der Waals surface area contributed by atoms with Crippen molar-refractivity contribution in [1.82, 2.24) is 0 Å². The van der Waals surface area contributed by atoms with Crippen molar-refractivity contribution in [3.63, 3.8) is 0 Å². The van der Waals surface area contributed by atoms with Crippen LogP contribution in [-0.4, -0.2) is 10.7 Å². The van der Waals surface area contributed by atoms with Crippen molar-refractivity contribution in [2.45, 2.75) is 20.3 Å². The van der Waals surface area contributed by atoms with Crippen molar-refractivity contribution >= 4 is 23.1 Å². The smallest absolute Gasteiger partial charge is 0.274 e. The molecule has 0 aliphatic carbocycles. The summed E-state index contributed by atoms with van der Waals surface area (Å²) in [4.78, 5) is 21.6. The molecule has 1 aromatic rings. The number of hydrogen-bond acceptors (Lipinski definition) is 3. The molecule has 0 amide bonds. The van der Waals surface area contributed by atoms with Gasteiger partial charge in [0.15, 0.2) is 0 Å². The second-order valence-electron chi connectivity index (χ2n) is 3.95. The van der Waals surface area contributed by atoms with E-state index in [9.17, 15) is 19.3 Å². The third kappa shape index (κ3) is 3.23. The number of benzene rings is 1. The Morgan fingerprint density at radius 3 is 2.59 bits per heavy atom. The highest BCUT2D eigenvalue weighted by Gasteiger charge is 2.20. The first-order valence-corrected chi connectivity index (χ1v) is 5.35. The molecule has 0 spiro atoms. The Morgan fingerprint density at radius 2 is 2.12 bits per heavy atom. The zero-order chi connectivity index (χ0) is 13.2. The van der Waals surface area contributed by atoms with E-state index in [4.69, 9.17) is 11.6 Å². The van der Waals surface area contributed by atoms with E-state index < -0.39 is 10.7 Å². The molecule has 0 N–H and O–H groups in total. The largest absolute Gasteiger partial charge is 0.299 e. The number of nitro groups is 1. The Morgan fingerprint density at radius 1 is 1.53 bits per heavy atom. The summed E-state index contributed by atoms with van der Waals surface area (Å²) in [6, 6.07) is 1.88. The van der Waals surface area contributed by atoms with Crippen LogP contribution in [0.25, 0.3) is 0 Å². The summed E-state index contributed by atoms with van der Waals surface area (Å²) in [5.74, 6) is -1.20. The molecule has 0 saturated heterocycles. The van der Waals surface area contributed by atoms with Gasteiger partial charge in [-0.25, -0.2) is 4.39 Å². The fourth-order valence-electron chi connectivity index (χ4n) is 1.28. The van der Waals surface area contributed by atoms with E-state index >= 15 is 0 Å². The second-order valence-corrected chi connectivity index (χ2v) is 4.36. The number of nitro benzene ring substituents is 1. The monoisotopic (exact) mass is 259 g/mol. The number of hydrogen-bond donors (Lipinski definition) is 0. The van der Waals surface area contributed by atoms with E-state index in [1.54, 1.807) is 13.8 Å². The number of nitrogens with zero attached hydrogens (tertiary/aromatic N) is 1. The van der Waals surface area contributed by atoms with E-state index in [0.29, 0.717) is 0 Å². The minimum atomic E-state index is -0.760. The molecule has 0 aliphatic heterocycles. The topological polar surface area (TPSA) is 60.2 Å². The summed E-state index contributed by atoms with van der Waals surface area (Å²) in [6.45, 7) is 3.36. The maximum atomic E-state index is 13.2. The molecule has 0 atom stereocenters. The van der Waals surface area contributed by atoms with Crippen molar-refractivity contribution in [2.75, 3.05) is 0 Å². The van der Waals surface area contributed by atoms with Crippen molar-refractivity contribution in [3.05, 3.63) is 38.7 Å². The molecule has 0 saturated carbocycles. The first-order valence-electron chi connectivity index (χ1n) is 4.98. The molecule has 0 unspecified atom stereocenters. The highest BCUT2D eigenvalue weighted by molar-refractivity contribution is 6.31. The van der Waals surface area contributed by atoms with Gasteiger partial charge in [0.25, 0.3) is 5.69 Å². The molecule has 0 bridgehead atoms. The number of carbonyl (C=O) groups excluding carboxylic acids is 1. The van der Waals surface area contributed by atoms with Crippen molar-refractivity contribution in [3.8, 4) is 0 Å². The minimum Gasteiger partial charge on any atom is -0.299 e. The van der Waals surface area contributed by atoms with Crippen LogP contribution in [0.3, 0.4) is 0 Å². The number of halogens is 2. The van der Waals surface area contributed by atoms with Crippen LogP contribution in [0.4, 0.5) is 10.1 Å². The maximum absolute atomic E-state index is 13.2. The average Bonchev–Trinajstić information content (AvgIpc) is 2.22. The van der Waals surface area contributed by atoms with Crippen LogP contribution in [0.1, 0.15) is 19.4 Å². The lowest BCUT2D eigenvalue weighted by Gasteiger charge is -2.06. The zero-order valence-electron chi connectivity index (χ0n) is 9.37. The molecule has 1 rings (SSSR count). The minimum absolute atomic E-state index is 0.0515. The maximum Gasteiger partial charge on any atom is 0.274 e. The Hall–Kier alpha value is -1.49. The van der Waals surface area contributed by atoms with Gasteiger partial charge in [0.1, 0.15) is 11.6 Å². The van der Waals surface area contributed by atoms with Crippen LogP contribution in [-0.2, 0) is 11.2 Å². The number of carbonyl (C=O) groups is 1. The van der Waals surface area contributed by atoms with E-state index in [1.807, 2.05) is 0 Å².